The molecule has 2 aromatic carbocycles. The van der Waals surface area contributed by atoms with Crippen LogP contribution in [0.2, 0.25) is 0 Å². The minimum atomic E-state index is -0.853. The van der Waals surface area contributed by atoms with Crippen molar-refractivity contribution in [2.45, 2.75) is 39.3 Å². The first-order valence-electron chi connectivity index (χ1n) is 13.5. The van der Waals surface area contributed by atoms with Gasteiger partial charge in [-0.1, -0.05) is 19.9 Å². The van der Waals surface area contributed by atoms with Crippen LogP contribution in [-0.2, 0) is 20.9 Å². The van der Waals surface area contributed by atoms with Crippen LogP contribution in [0.5, 0.6) is 23.0 Å². The first-order chi connectivity index (χ1) is 19.7. The van der Waals surface area contributed by atoms with E-state index in [1.807, 2.05) is 13.8 Å². The van der Waals surface area contributed by atoms with Crippen LogP contribution in [0, 0.1) is 5.92 Å². The van der Waals surface area contributed by atoms with Gasteiger partial charge in [0.15, 0.2) is 11.5 Å². The number of rotatable bonds is 4. The summed E-state index contributed by atoms with van der Waals surface area (Å²) in [6.07, 6.45) is 1.09. The molecule has 0 unspecified atom stereocenters. The average Bonchev–Trinajstić information content (AvgIpc) is 2.96. The van der Waals surface area contributed by atoms with Gasteiger partial charge in [-0.05, 0) is 49.1 Å². The fourth-order valence-corrected chi connectivity index (χ4v) is 4.39. The van der Waals surface area contributed by atoms with Crippen molar-refractivity contribution in [1.82, 2.24) is 20.9 Å². The van der Waals surface area contributed by atoms with Crippen molar-refractivity contribution in [3.8, 4) is 23.0 Å². The minimum absolute atomic E-state index is 0. The van der Waals surface area contributed by atoms with Crippen molar-refractivity contribution in [2.24, 2.45) is 11.7 Å². The van der Waals surface area contributed by atoms with Gasteiger partial charge >= 0.3 is 0 Å². The second kappa shape index (κ2) is 16.4. The number of amides is 4. The number of benzene rings is 2. The summed E-state index contributed by atoms with van der Waals surface area (Å²) >= 11 is 0. The molecule has 4 amide bonds. The molecule has 1 aliphatic rings. The number of hydrogen-bond acceptors (Lipinski definition) is 8. The second-order valence-corrected chi connectivity index (χ2v) is 9.89. The molecular formula is C29H40ClN5O7. The Labute approximate surface area is 252 Å². The standard InChI is InChI=1S/C29H39N5O7.ClH/c1-18(2)27-29(38)32-16-20-21(39-3)8-7-9-22(20)41-24-14-19(10-11-23(24)40-4)28(37)31-12-5-6-13-34(26(36)15-30)17-25(35)33-27;/h7-11,14,18,27H,5-6,12-13,15-17,30H2,1-4H3,(H,31,37)(H,32,38)(H,33,35);1H/t27-;/m1./s1. The molecule has 0 aliphatic carbocycles. The van der Waals surface area contributed by atoms with Crippen LogP contribution in [0.4, 0.5) is 0 Å². The van der Waals surface area contributed by atoms with Crippen molar-refractivity contribution in [3.63, 3.8) is 0 Å². The van der Waals surface area contributed by atoms with Crippen molar-refractivity contribution >= 4 is 36.0 Å². The van der Waals surface area contributed by atoms with Gasteiger partial charge in [-0.2, -0.15) is 0 Å². The molecule has 3 rings (SSSR count). The lowest BCUT2D eigenvalue weighted by atomic mass is 10.0. The summed E-state index contributed by atoms with van der Waals surface area (Å²) in [5, 5.41) is 8.49. The molecule has 1 atom stereocenters. The summed E-state index contributed by atoms with van der Waals surface area (Å²) in [7, 11) is 3.00. The fourth-order valence-electron chi connectivity index (χ4n) is 4.39. The number of nitrogens with one attached hydrogen (secondary N) is 3. The van der Waals surface area contributed by atoms with Gasteiger partial charge < -0.3 is 40.8 Å². The number of halogens is 1. The third-order valence-electron chi connectivity index (χ3n) is 6.66. The zero-order valence-corrected chi connectivity index (χ0v) is 25.2. The Morgan fingerprint density at radius 2 is 1.79 bits per heavy atom. The first kappa shape index (κ1) is 34.2. The quantitative estimate of drug-likeness (QED) is 0.411. The lowest BCUT2D eigenvalue weighted by Gasteiger charge is -2.26. The normalized spacial score (nSPS) is 17.0. The SMILES string of the molecule is COc1ccc2cc1Oc1cccc(OC)c1CNC(=O)[C@@H](C(C)C)NC(=O)CN(C(=O)CN)CCCCNC2=O.Cl. The van der Waals surface area contributed by atoms with E-state index in [4.69, 9.17) is 19.9 Å². The molecule has 5 N–H and O–H groups in total. The van der Waals surface area contributed by atoms with E-state index in [1.54, 1.807) is 36.4 Å². The molecule has 0 aromatic heterocycles. The highest BCUT2D eigenvalue weighted by molar-refractivity contribution is 5.95. The molecule has 0 spiro atoms. The van der Waals surface area contributed by atoms with Crippen molar-refractivity contribution < 1.29 is 33.4 Å². The molecule has 42 heavy (non-hydrogen) atoms. The van der Waals surface area contributed by atoms with E-state index in [2.05, 4.69) is 16.0 Å². The van der Waals surface area contributed by atoms with E-state index in [0.29, 0.717) is 53.5 Å². The third kappa shape index (κ3) is 8.98. The molecule has 2 aromatic rings. The minimum Gasteiger partial charge on any atom is -0.496 e. The molecule has 13 heteroatoms. The monoisotopic (exact) mass is 605 g/mol. The molecule has 1 aliphatic heterocycles. The number of hydrogen-bond donors (Lipinski definition) is 4. The van der Waals surface area contributed by atoms with Crippen LogP contribution < -0.4 is 35.9 Å². The van der Waals surface area contributed by atoms with Gasteiger partial charge in [0.25, 0.3) is 5.91 Å². The van der Waals surface area contributed by atoms with Crippen molar-refractivity contribution in [3.05, 3.63) is 47.5 Å². The zero-order valence-electron chi connectivity index (χ0n) is 24.4. The highest BCUT2D eigenvalue weighted by atomic mass is 35.5. The van der Waals surface area contributed by atoms with Crippen molar-refractivity contribution in [1.29, 1.82) is 0 Å². The van der Waals surface area contributed by atoms with Crippen LogP contribution in [0.1, 0.15) is 42.6 Å². The third-order valence-corrected chi connectivity index (χ3v) is 6.66. The molecule has 230 valence electrons. The predicted octanol–water partition coefficient (Wildman–Crippen LogP) is 1.99. The van der Waals surface area contributed by atoms with Gasteiger partial charge in [-0.15, -0.1) is 12.4 Å². The van der Waals surface area contributed by atoms with Gasteiger partial charge in [0.05, 0.1) is 39.4 Å². The van der Waals surface area contributed by atoms with Gasteiger partial charge in [0, 0.05) is 18.7 Å². The number of ether oxygens (including phenoxy) is 3. The summed E-state index contributed by atoms with van der Waals surface area (Å²) < 4.78 is 17.2. The highest BCUT2D eigenvalue weighted by Crippen LogP contribution is 2.37. The van der Waals surface area contributed by atoms with E-state index in [1.165, 1.54) is 19.1 Å². The largest absolute Gasteiger partial charge is 0.496 e. The van der Waals surface area contributed by atoms with Crippen LogP contribution in [0.3, 0.4) is 0 Å². The zero-order chi connectivity index (χ0) is 29.9. The van der Waals surface area contributed by atoms with Crippen LogP contribution in [-0.4, -0.2) is 75.0 Å². The first-order valence-corrected chi connectivity index (χ1v) is 13.5. The van der Waals surface area contributed by atoms with E-state index in [-0.39, 0.29) is 56.3 Å². The van der Waals surface area contributed by atoms with E-state index < -0.39 is 17.9 Å². The Balaban J connectivity index is 0.00000616. The van der Waals surface area contributed by atoms with E-state index in [9.17, 15) is 19.2 Å². The molecule has 1 heterocycles. The number of nitrogens with zero attached hydrogens (tertiary/aromatic N) is 1. The maximum Gasteiger partial charge on any atom is 0.251 e. The Hall–Kier alpha value is -4.03. The Bertz CT molecular complexity index is 1260. The topological polar surface area (TPSA) is 161 Å². The van der Waals surface area contributed by atoms with Crippen LogP contribution in [0.25, 0.3) is 0 Å². The molecule has 12 nitrogen and oxygen atoms in total. The molecule has 0 radical (unpaired) electrons. The van der Waals surface area contributed by atoms with Gasteiger partial charge in [-0.25, -0.2) is 0 Å². The molecule has 0 saturated heterocycles. The smallest absolute Gasteiger partial charge is 0.251 e. The lowest BCUT2D eigenvalue weighted by Crippen LogP contribution is -2.52. The van der Waals surface area contributed by atoms with Crippen molar-refractivity contribution in [2.75, 3.05) is 40.4 Å². The summed E-state index contributed by atoms with van der Waals surface area (Å²) in [6.45, 7) is 3.80. The number of fused-ring (bicyclic) bond motifs is 3. The summed E-state index contributed by atoms with van der Waals surface area (Å²) in [6, 6.07) is 9.20. The Morgan fingerprint density at radius 3 is 2.45 bits per heavy atom. The molecule has 0 fully saturated rings. The van der Waals surface area contributed by atoms with Gasteiger partial charge in [-0.3, -0.25) is 19.2 Å². The maximum absolute atomic E-state index is 13.3. The van der Waals surface area contributed by atoms with E-state index >= 15 is 0 Å². The number of carbonyl (C=O) groups excluding carboxylic acids is 4. The van der Waals surface area contributed by atoms with Gasteiger partial charge in [0.2, 0.25) is 17.7 Å². The number of methoxy groups -OCH3 is 2. The fraction of sp³-hybridized carbons (Fsp3) is 0.448. The number of carbonyl (C=O) groups is 4. The second-order valence-electron chi connectivity index (χ2n) is 9.89. The van der Waals surface area contributed by atoms with Crippen LogP contribution in [0.15, 0.2) is 36.4 Å². The Kier molecular flexibility index (Phi) is 13.4. The summed E-state index contributed by atoms with van der Waals surface area (Å²) in [5.41, 5.74) is 6.47. The van der Waals surface area contributed by atoms with E-state index in [0.717, 1.165) is 0 Å². The maximum atomic E-state index is 13.3. The Morgan fingerprint density at radius 1 is 1.05 bits per heavy atom. The summed E-state index contributed by atoms with van der Waals surface area (Å²) in [4.78, 5) is 52.8. The highest BCUT2D eigenvalue weighted by Gasteiger charge is 2.26. The molecular weight excluding hydrogens is 566 g/mol. The lowest BCUT2D eigenvalue weighted by molar-refractivity contribution is -0.136. The summed E-state index contributed by atoms with van der Waals surface area (Å²) in [5.74, 6) is -0.241. The van der Waals surface area contributed by atoms with Gasteiger partial charge in [0.1, 0.15) is 17.5 Å². The number of nitrogens with two attached hydrogens (primary N) is 1. The van der Waals surface area contributed by atoms with Crippen LogP contribution >= 0.6 is 12.4 Å². The predicted molar refractivity (Wildman–Crippen MR) is 159 cm³/mol. The molecule has 0 saturated carbocycles. The molecule has 2 bridgehead atoms. The average molecular weight is 606 g/mol.